The molecule has 0 spiro atoms. The van der Waals surface area contributed by atoms with Crippen molar-refractivity contribution in [2.24, 2.45) is 0 Å². The second-order valence-electron chi connectivity index (χ2n) is 5.48. The zero-order valence-electron chi connectivity index (χ0n) is 11.1. The Morgan fingerprint density at radius 2 is 1.59 bits per heavy atom. The molecule has 0 heterocycles. The lowest BCUT2D eigenvalue weighted by Crippen LogP contribution is -2.25. The molecule has 0 aliphatic heterocycles. The van der Waals surface area contributed by atoms with Crippen LogP contribution < -0.4 is 4.72 Å². The van der Waals surface area contributed by atoms with Gasteiger partial charge in [-0.1, -0.05) is 45.0 Å². The standard InChI is InChI=1S/C13H21NO2S/c1-10(14-17(5,15)16)11-6-8-12(9-7-11)13(2,3)4/h6-10,14H,1-5H3. The van der Waals surface area contributed by atoms with Crippen molar-refractivity contribution in [2.75, 3.05) is 6.26 Å². The van der Waals surface area contributed by atoms with E-state index >= 15 is 0 Å². The molecule has 1 aromatic rings. The van der Waals surface area contributed by atoms with Crippen molar-refractivity contribution in [2.45, 2.75) is 39.2 Å². The van der Waals surface area contributed by atoms with Gasteiger partial charge in [0.2, 0.25) is 10.0 Å². The fourth-order valence-corrected chi connectivity index (χ4v) is 2.44. The van der Waals surface area contributed by atoms with Gasteiger partial charge in [-0.15, -0.1) is 0 Å². The van der Waals surface area contributed by atoms with Crippen LogP contribution in [0.4, 0.5) is 0 Å². The molecule has 4 heteroatoms. The zero-order valence-corrected chi connectivity index (χ0v) is 11.9. The van der Waals surface area contributed by atoms with Crippen molar-refractivity contribution in [1.29, 1.82) is 0 Å². The van der Waals surface area contributed by atoms with Crippen molar-refractivity contribution >= 4 is 10.0 Å². The van der Waals surface area contributed by atoms with Crippen LogP contribution >= 0.6 is 0 Å². The monoisotopic (exact) mass is 255 g/mol. The number of hydrogen-bond acceptors (Lipinski definition) is 2. The van der Waals surface area contributed by atoms with Gasteiger partial charge >= 0.3 is 0 Å². The van der Waals surface area contributed by atoms with Gasteiger partial charge in [-0.05, 0) is 23.5 Å². The highest BCUT2D eigenvalue weighted by Crippen LogP contribution is 2.23. The third-order valence-corrected chi connectivity index (χ3v) is 3.45. The van der Waals surface area contributed by atoms with Gasteiger partial charge in [-0.25, -0.2) is 13.1 Å². The minimum Gasteiger partial charge on any atom is -0.213 e. The summed E-state index contributed by atoms with van der Waals surface area (Å²) in [7, 11) is -3.16. The van der Waals surface area contributed by atoms with Crippen LogP contribution in [0, 0.1) is 0 Å². The van der Waals surface area contributed by atoms with Crippen LogP contribution in [0.25, 0.3) is 0 Å². The van der Waals surface area contributed by atoms with Crippen molar-refractivity contribution in [3.8, 4) is 0 Å². The van der Waals surface area contributed by atoms with E-state index in [4.69, 9.17) is 0 Å². The fraction of sp³-hybridized carbons (Fsp3) is 0.538. The van der Waals surface area contributed by atoms with Crippen LogP contribution in [0.2, 0.25) is 0 Å². The molecule has 0 aliphatic rings. The molecule has 0 aliphatic carbocycles. The third kappa shape index (κ3) is 4.48. The van der Waals surface area contributed by atoms with Gasteiger partial charge in [0.25, 0.3) is 0 Å². The fourth-order valence-electron chi connectivity index (χ4n) is 1.66. The highest BCUT2D eigenvalue weighted by atomic mass is 32.2. The van der Waals surface area contributed by atoms with Crippen molar-refractivity contribution in [1.82, 2.24) is 4.72 Å². The normalized spacial score (nSPS) is 14.6. The Hall–Kier alpha value is -0.870. The predicted molar refractivity (Wildman–Crippen MR) is 71.5 cm³/mol. The topological polar surface area (TPSA) is 46.2 Å². The van der Waals surface area contributed by atoms with E-state index in [0.29, 0.717) is 0 Å². The summed E-state index contributed by atoms with van der Waals surface area (Å²) < 4.78 is 24.8. The average molecular weight is 255 g/mol. The Kier molecular flexibility index (Phi) is 3.99. The molecule has 1 atom stereocenters. The Balaban J connectivity index is 2.88. The summed E-state index contributed by atoms with van der Waals surface area (Å²) in [5.74, 6) is 0. The van der Waals surface area contributed by atoms with Crippen LogP contribution in [0.1, 0.15) is 44.9 Å². The summed E-state index contributed by atoms with van der Waals surface area (Å²) in [5.41, 5.74) is 2.34. The second-order valence-corrected chi connectivity index (χ2v) is 7.26. The third-order valence-electron chi connectivity index (χ3n) is 2.67. The molecule has 0 radical (unpaired) electrons. The first kappa shape index (κ1) is 14.2. The van der Waals surface area contributed by atoms with Crippen LogP contribution in [-0.4, -0.2) is 14.7 Å². The molecule has 0 saturated heterocycles. The second kappa shape index (κ2) is 4.78. The SMILES string of the molecule is CC(NS(C)(=O)=O)c1ccc(C(C)(C)C)cc1. The summed E-state index contributed by atoms with van der Waals surface area (Å²) in [4.78, 5) is 0. The number of nitrogens with one attached hydrogen (secondary N) is 1. The van der Waals surface area contributed by atoms with E-state index in [2.05, 4.69) is 37.6 Å². The van der Waals surface area contributed by atoms with Crippen LogP contribution in [0.5, 0.6) is 0 Å². The molecule has 1 unspecified atom stereocenters. The lowest BCUT2D eigenvalue weighted by atomic mass is 9.86. The average Bonchev–Trinajstić information content (AvgIpc) is 2.14. The van der Waals surface area contributed by atoms with E-state index in [1.165, 1.54) is 11.8 Å². The van der Waals surface area contributed by atoms with Crippen molar-refractivity contribution in [3.63, 3.8) is 0 Å². The lowest BCUT2D eigenvalue weighted by molar-refractivity contribution is 0.571. The first-order valence-corrected chi connectivity index (χ1v) is 7.56. The molecule has 0 aromatic heterocycles. The van der Waals surface area contributed by atoms with E-state index < -0.39 is 10.0 Å². The van der Waals surface area contributed by atoms with Gasteiger partial charge in [0.15, 0.2) is 0 Å². The van der Waals surface area contributed by atoms with E-state index in [1.807, 2.05) is 19.1 Å². The number of benzene rings is 1. The smallest absolute Gasteiger partial charge is 0.209 e. The van der Waals surface area contributed by atoms with Gasteiger partial charge in [-0.3, -0.25) is 0 Å². The molecule has 0 amide bonds. The summed E-state index contributed by atoms with van der Waals surface area (Å²) >= 11 is 0. The molecule has 3 nitrogen and oxygen atoms in total. The summed E-state index contributed by atoms with van der Waals surface area (Å²) in [6.07, 6.45) is 1.17. The van der Waals surface area contributed by atoms with E-state index in [0.717, 1.165) is 5.56 Å². The van der Waals surface area contributed by atoms with E-state index in [9.17, 15) is 8.42 Å². The molecule has 0 bridgehead atoms. The van der Waals surface area contributed by atoms with E-state index in [-0.39, 0.29) is 11.5 Å². The molecular formula is C13H21NO2S. The Morgan fingerprint density at radius 1 is 1.12 bits per heavy atom. The first-order chi connectivity index (χ1) is 7.59. The quantitative estimate of drug-likeness (QED) is 0.902. The molecular weight excluding hydrogens is 234 g/mol. The highest BCUT2D eigenvalue weighted by molar-refractivity contribution is 7.88. The molecule has 96 valence electrons. The minimum atomic E-state index is -3.16. The summed E-state index contributed by atoms with van der Waals surface area (Å²) in [6.45, 7) is 8.30. The summed E-state index contributed by atoms with van der Waals surface area (Å²) in [5, 5.41) is 0. The zero-order chi connectivity index (χ0) is 13.3. The molecule has 1 aromatic carbocycles. The largest absolute Gasteiger partial charge is 0.213 e. The Bertz CT molecular complexity index is 469. The van der Waals surface area contributed by atoms with E-state index in [1.54, 1.807) is 0 Å². The number of hydrogen-bond donors (Lipinski definition) is 1. The minimum absolute atomic E-state index is 0.117. The van der Waals surface area contributed by atoms with Gasteiger partial charge in [0.05, 0.1) is 6.26 Å². The maximum absolute atomic E-state index is 11.1. The number of sulfonamides is 1. The van der Waals surface area contributed by atoms with Gasteiger partial charge in [0, 0.05) is 6.04 Å². The summed E-state index contributed by atoms with van der Waals surface area (Å²) in [6, 6.07) is 7.86. The van der Waals surface area contributed by atoms with Gasteiger partial charge < -0.3 is 0 Å². The van der Waals surface area contributed by atoms with Crippen LogP contribution in [-0.2, 0) is 15.4 Å². The number of rotatable bonds is 3. The van der Waals surface area contributed by atoms with Gasteiger partial charge in [0.1, 0.15) is 0 Å². The lowest BCUT2D eigenvalue weighted by Gasteiger charge is -2.20. The maximum atomic E-state index is 11.1. The first-order valence-electron chi connectivity index (χ1n) is 5.67. The predicted octanol–water partition coefficient (Wildman–Crippen LogP) is 2.59. The van der Waals surface area contributed by atoms with Crippen LogP contribution in [0.15, 0.2) is 24.3 Å². The Labute approximate surface area is 104 Å². The molecule has 1 rings (SSSR count). The van der Waals surface area contributed by atoms with Crippen molar-refractivity contribution < 1.29 is 8.42 Å². The van der Waals surface area contributed by atoms with Crippen molar-refractivity contribution in [3.05, 3.63) is 35.4 Å². The van der Waals surface area contributed by atoms with Gasteiger partial charge in [-0.2, -0.15) is 0 Å². The molecule has 0 saturated carbocycles. The van der Waals surface area contributed by atoms with Crippen LogP contribution in [0.3, 0.4) is 0 Å². The Morgan fingerprint density at radius 3 is 1.94 bits per heavy atom. The molecule has 0 fully saturated rings. The molecule has 17 heavy (non-hydrogen) atoms. The molecule has 1 N–H and O–H groups in total. The maximum Gasteiger partial charge on any atom is 0.209 e. The highest BCUT2D eigenvalue weighted by Gasteiger charge is 2.15.